The molecule has 3 rings (SSSR count). The first-order chi connectivity index (χ1) is 10.6. The molecular weight excluding hydrogens is 317 g/mol. The van der Waals surface area contributed by atoms with Crippen LogP contribution >= 0.6 is 23.2 Å². The topological polar surface area (TPSA) is 29.1 Å². The van der Waals surface area contributed by atoms with E-state index in [0.29, 0.717) is 15.6 Å². The van der Waals surface area contributed by atoms with Gasteiger partial charge in [0.25, 0.3) is 5.91 Å². The standard InChI is InChI=1S/C18H13Cl2NO/c1-11-6-9-17(14-5-3-2-4-13(11)14)21-18(22)15-8-7-12(19)10-16(15)20/h2-10H,1H3,(H,21,22). The predicted octanol–water partition coefficient (Wildman–Crippen LogP) is 5.71. The lowest BCUT2D eigenvalue weighted by molar-refractivity contribution is 0.102. The highest BCUT2D eigenvalue weighted by Gasteiger charge is 2.12. The van der Waals surface area contributed by atoms with Gasteiger partial charge in [-0.2, -0.15) is 0 Å². The smallest absolute Gasteiger partial charge is 0.257 e. The molecule has 0 bridgehead atoms. The molecule has 0 saturated carbocycles. The van der Waals surface area contributed by atoms with Gasteiger partial charge in [-0.15, -0.1) is 0 Å². The second kappa shape index (κ2) is 5.99. The van der Waals surface area contributed by atoms with Crippen LogP contribution in [-0.2, 0) is 0 Å². The lowest BCUT2D eigenvalue weighted by atomic mass is 10.0. The van der Waals surface area contributed by atoms with E-state index in [1.807, 2.05) is 43.3 Å². The van der Waals surface area contributed by atoms with Crippen molar-refractivity contribution >= 4 is 45.6 Å². The van der Waals surface area contributed by atoms with Crippen molar-refractivity contribution in [3.05, 3.63) is 75.8 Å². The molecule has 2 nitrogen and oxygen atoms in total. The van der Waals surface area contributed by atoms with Gasteiger partial charge in [0.05, 0.1) is 10.6 Å². The Labute approximate surface area is 138 Å². The Morgan fingerprint density at radius 1 is 0.955 bits per heavy atom. The number of carbonyl (C=O) groups excluding carboxylic acids is 1. The fourth-order valence-corrected chi connectivity index (χ4v) is 2.92. The zero-order valence-electron chi connectivity index (χ0n) is 11.9. The molecule has 0 radical (unpaired) electrons. The number of carbonyl (C=O) groups is 1. The number of halogens is 2. The molecule has 0 unspecified atom stereocenters. The first-order valence-corrected chi connectivity index (χ1v) is 7.56. The minimum absolute atomic E-state index is 0.254. The minimum Gasteiger partial charge on any atom is -0.321 e. The maximum atomic E-state index is 12.4. The van der Waals surface area contributed by atoms with E-state index in [1.54, 1.807) is 18.2 Å². The Morgan fingerprint density at radius 3 is 2.41 bits per heavy atom. The van der Waals surface area contributed by atoms with Crippen LogP contribution in [0.15, 0.2) is 54.6 Å². The number of benzene rings is 3. The van der Waals surface area contributed by atoms with E-state index in [0.717, 1.165) is 22.0 Å². The summed E-state index contributed by atoms with van der Waals surface area (Å²) in [4.78, 5) is 12.4. The molecule has 110 valence electrons. The van der Waals surface area contributed by atoms with E-state index in [2.05, 4.69) is 5.32 Å². The largest absolute Gasteiger partial charge is 0.321 e. The molecule has 0 aliphatic rings. The van der Waals surface area contributed by atoms with E-state index in [-0.39, 0.29) is 5.91 Å². The fourth-order valence-electron chi connectivity index (χ4n) is 2.42. The van der Waals surface area contributed by atoms with Crippen LogP contribution in [0.4, 0.5) is 5.69 Å². The van der Waals surface area contributed by atoms with Gasteiger partial charge in [0.15, 0.2) is 0 Å². The average molecular weight is 330 g/mol. The number of rotatable bonds is 2. The monoisotopic (exact) mass is 329 g/mol. The first kappa shape index (κ1) is 14.9. The molecule has 0 fully saturated rings. The van der Waals surface area contributed by atoms with E-state index in [4.69, 9.17) is 23.2 Å². The summed E-state index contributed by atoms with van der Waals surface area (Å²) >= 11 is 11.9. The van der Waals surface area contributed by atoms with Gasteiger partial charge < -0.3 is 5.32 Å². The lowest BCUT2D eigenvalue weighted by Gasteiger charge is -2.11. The van der Waals surface area contributed by atoms with Gasteiger partial charge in [0, 0.05) is 16.1 Å². The van der Waals surface area contributed by atoms with Gasteiger partial charge in [-0.1, -0.05) is 53.5 Å². The van der Waals surface area contributed by atoms with Crippen LogP contribution in [0.3, 0.4) is 0 Å². The summed E-state index contributed by atoms with van der Waals surface area (Å²) in [5, 5.41) is 5.87. The first-order valence-electron chi connectivity index (χ1n) is 6.81. The van der Waals surface area contributed by atoms with Gasteiger partial charge in [-0.25, -0.2) is 0 Å². The highest BCUT2D eigenvalue weighted by Crippen LogP contribution is 2.28. The number of nitrogens with one attached hydrogen (secondary N) is 1. The highest BCUT2D eigenvalue weighted by atomic mass is 35.5. The number of hydrogen-bond donors (Lipinski definition) is 1. The maximum Gasteiger partial charge on any atom is 0.257 e. The molecule has 3 aromatic rings. The molecule has 0 atom stereocenters. The number of hydrogen-bond acceptors (Lipinski definition) is 1. The summed E-state index contributed by atoms with van der Waals surface area (Å²) < 4.78 is 0. The van der Waals surface area contributed by atoms with Crippen molar-refractivity contribution in [2.75, 3.05) is 5.32 Å². The molecule has 1 amide bonds. The Bertz CT molecular complexity index is 874. The summed E-state index contributed by atoms with van der Waals surface area (Å²) in [5.74, 6) is -0.254. The van der Waals surface area contributed by atoms with Crippen molar-refractivity contribution in [2.24, 2.45) is 0 Å². The second-order valence-electron chi connectivity index (χ2n) is 5.05. The third-order valence-electron chi connectivity index (χ3n) is 3.57. The second-order valence-corrected chi connectivity index (χ2v) is 5.90. The third-order valence-corrected chi connectivity index (χ3v) is 4.11. The molecule has 3 aromatic carbocycles. The Kier molecular flexibility index (Phi) is 4.06. The Morgan fingerprint density at radius 2 is 1.68 bits per heavy atom. The Balaban J connectivity index is 2.00. The zero-order chi connectivity index (χ0) is 15.7. The molecule has 0 aliphatic carbocycles. The average Bonchev–Trinajstić information content (AvgIpc) is 2.50. The molecule has 0 saturated heterocycles. The van der Waals surface area contributed by atoms with Gasteiger partial charge in [0.1, 0.15) is 0 Å². The van der Waals surface area contributed by atoms with Crippen LogP contribution in [-0.4, -0.2) is 5.91 Å². The van der Waals surface area contributed by atoms with Crippen LogP contribution in [0.2, 0.25) is 10.0 Å². The maximum absolute atomic E-state index is 12.4. The summed E-state index contributed by atoms with van der Waals surface area (Å²) in [6.07, 6.45) is 0. The van der Waals surface area contributed by atoms with Gasteiger partial charge in [-0.05, 0) is 42.1 Å². The molecule has 22 heavy (non-hydrogen) atoms. The summed E-state index contributed by atoms with van der Waals surface area (Å²) in [5.41, 5.74) is 2.33. The molecular formula is C18H13Cl2NO. The van der Waals surface area contributed by atoms with Crippen molar-refractivity contribution in [3.8, 4) is 0 Å². The highest BCUT2D eigenvalue weighted by molar-refractivity contribution is 6.37. The predicted molar refractivity (Wildman–Crippen MR) is 93.1 cm³/mol. The van der Waals surface area contributed by atoms with E-state index in [1.165, 1.54) is 0 Å². The van der Waals surface area contributed by atoms with Crippen molar-refractivity contribution in [1.29, 1.82) is 0 Å². The molecule has 4 heteroatoms. The number of amides is 1. The van der Waals surface area contributed by atoms with Gasteiger partial charge in [0.2, 0.25) is 0 Å². The van der Waals surface area contributed by atoms with Crippen LogP contribution in [0.1, 0.15) is 15.9 Å². The van der Waals surface area contributed by atoms with E-state index < -0.39 is 0 Å². The van der Waals surface area contributed by atoms with Crippen LogP contribution in [0.25, 0.3) is 10.8 Å². The summed E-state index contributed by atoms with van der Waals surface area (Å²) in [7, 11) is 0. The fraction of sp³-hybridized carbons (Fsp3) is 0.0556. The van der Waals surface area contributed by atoms with Gasteiger partial charge >= 0.3 is 0 Å². The summed E-state index contributed by atoms with van der Waals surface area (Å²) in [6.45, 7) is 2.05. The van der Waals surface area contributed by atoms with E-state index >= 15 is 0 Å². The lowest BCUT2D eigenvalue weighted by Crippen LogP contribution is -2.12. The minimum atomic E-state index is -0.254. The van der Waals surface area contributed by atoms with Crippen molar-refractivity contribution in [1.82, 2.24) is 0 Å². The molecule has 0 spiro atoms. The SMILES string of the molecule is Cc1ccc(NC(=O)c2ccc(Cl)cc2Cl)c2ccccc12. The van der Waals surface area contributed by atoms with Crippen molar-refractivity contribution in [2.45, 2.75) is 6.92 Å². The third kappa shape index (κ3) is 2.80. The molecule has 0 aliphatic heterocycles. The normalized spacial score (nSPS) is 10.7. The summed E-state index contributed by atoms with van der Waals surface area (Å²) in [6, 6.07) is 16.7. The Hall–Kier alpha value is -2.03. The van der Waals surface area contributed by atoms with Crippen LogP contribution in [0.5, 0.6) is 0 Å². The molecule has 0 heterocycles. The number of aryl methyl sites for hydroxylation is 1. The van der Waals surface area contributed by atoms with E-state index in [9.17, 15) is 4.79 Å². The number of fused-ring (bicyclic) bond motifs is 1. The van der Waals surface area contributed by atoms with Crippen molar-refractivity contribution < 1.29 is 4.79 Å². The van der Waals surface area contributed by atoms with Crippen molar-refractivity contribution in [3.63, 3.8) is 0 Å². The van der Waals surface area contributed by atoms with Crippen LogP contribution < -0.4 is 5.32 Å². The molecule has 1 N–H and O–H groups in total. The number of anilines is 1. The van der Waals surface area contributed by atoms with Crippen LogP contribution in [0, 0.1) is 6.92 Å². The molecule has 0 aromatic heterocycles. The zero-order valence-corrected chi connectivity index (χ0v) is 13.4. The van der Waals surface area contributed by atoms with Gasteiger partial charge in [-0.3, -0.25) is 4.79 Å². The quantitative estimate of drug-likeness (QED) is 0.641.